The summed E-state index contributed by atoms with van der Waals surface area (Å²) in [7, 11) is 1.49. The second-order valence-corrected chi connectivity index (χ2v) is 5.95. The number of ether oxygens (including phenoxy) is 2. The van der Waals surface area contributed by atoms with E-state index in [1.165, 1.54) is 19.2 Å². The standard InChI is InChI=1S/C20H23NO5/c1-13-4-8-17(9-5-13)26-14(2)19(22)21-11-10-15-6-7-16(20(23)24)12-18(15)25-3/h4-9,12,14H,10-11H2,1-3H3,(H,21,22)(H,23,24). The van der Waals surface area contributed by atoms with Crippen molar-refractivity contribution in [3.05, 3.63) is 59.2 Å². The van der Waals surface area contributed by atoms with Crippen LogP contribution in [0.1, 0.15) is 28.4 Å². The number of amides is 1. The fraction of sp³-hybridized carbons (Fsp3) is 0.300. The molecule has 1 amide bonds. The summed E-state index contributed by atoms with van der Waals surface area (Å²) >= 11 is 0. The van der Waals surface area contributed by atoms with Crippen LogP contribution < -0.4 is 14.8 Å². The first-order chi connectivity index (χ1) is 12.4. The lowest BCUT2D eigenvalue weighted by molar-refractivity contribution is -0.127. The van der Waals surface area contributed by atoms with E-state index in [0.717, 1.165) is 11.1 Å². The third-order valence-corrected chi connectivity index (χ3v) is 3.93. The zero-order valence-corrected chi connectivity index (χ0v) is 15.1. The van der Waals surface area contributed by atoms with E-state index < -0.39 is 12.1 Å². The monoisotopic (exact) mass is 357 g/mol. The number of methoxy groups -OCH3 is 1. The molecule has 1 atom stereocenters. The number of carbonyl (C=O) groups excluding carboxylic acids is 1. The van der Waals surface area contributed by atoms with Crippen LogP contribution >= 0.6 is 0 Å². The van der Waals surface area contributed by atoms with Crippen LogP contribution in [0.4, 0.5) is 0 Å². The van der Waals surface area contributed by atoms with Gasteiger partial charge < -0.3 is 19.9 Å². The van der Waals surface area contributed by atoms with Crippen LogP contribution in [0.3, 0.4) is 0 Å². The summed E-state index contributed by atoms with van der Waals surface area (Å²) in [5.74, 6) is -0.0933. The Morgan fingerprint density at radius 2 is 1.85 bits per heavy atom. The van der Waals surface area contributed by atoms with Crippen LogP contribution in [-0.4, -0.2) is 36.7 Å². The van der Waals surface area contributed by atoms with Crippen molar-refractivity contribution in [3.63, 3.8) is 0 Å². The van der Waals surface area contributed by atoms with Gasteiger partial charge in [0.25, 0.3) is 5.91 Å². The highest BCUT2D eigenvalue weighted by Gasteiger charge is 2.15. The van der Waals surface area contributed by atoms with Crippen LogP contribution in [0, 0.1) is 6.92 Å². The lowest BCUT2D eigenvalue weighted by atomic mass is 10.1. The highest BCUT2D eigenvalue weighted by Crippen LogP contribution is 2.20. The van der Waals surface area contributed by atoms with Crippen molar-refractivity contribution in [2.75, 3.05) is 13.7 Å². The summed E-state index contributed by atoms with van der Waals surface area (Å²) in [6.07, 6.45) is -0.0968. The molecule has 0 spiro atoms. The molecule has 0 fully saturated rings. The van der Waals surface area contributed by atoms with Crippen molar-refractivity contribution in [3.8, 4) is 11.5 Å². The minimum absolute atomic E-state index is 0.162. The maximum absolute atomic E-state index is 12.2. The number of rotatable bonds is 8. The van der Waals surface area contributed by atoms with Crippen molar-refractivity contribution in [2.24, 2.45) is 0 Å². The van der Waals surface area contributed by atoms with Gasteiger partial charge in [-0.2, -0.15) is 0 Å². The molecule has 26 heavy (non-hydrogen) atoms. The number of hydrogen-bond donors (Lipinski definition) is 2. The molecule has 2 aromatic carbocycles. The predicted octanol–water partition coefficient (Wildman–Crippen LogP) is 2.83. The van der Waals surface area contributed by atoms with E-state index in [1.807, 2.05) is 31.2 Å². The van der Waals surface area contributed by atoms with Gasteiger partial charge >= 0.3 is 5.97 Å². The molecule has 0 heterocycles. The maximum atomic E-state index is 12.2. The van der Waals surface area contributed by atoms with Crippen molar-refractivity contribution in [2.45, 2.75) is 26.4 Å². The first-order valence-electron chi connectivity index (χ1n) is 8.32. The average molecular weight is 357 g/mol. The Bertz CT molecular complexity index is 770. The maximum Gasteiger partial charge on any atom is 0.335 e. The molecule has 2 aromatic rings. The third kappa shape index (κ3) is 5.24. The predicted molar refractivity (Wildman–Crippen MR) is 97.9 cm³/mol. The molecule has 0 aliphatic carbocycles. The molecule has 2 N–H and O–H groups in total. The summed E-state index contributed by atoms with van der Waals surface area (Å²) in [6, 6.07) is 12.2. The van der Waals surface area contributed by atoms with E-state index in [2.05, 4.69) is 5.32 Å². The third-order valence-electron chi connectivity index (χ3n) is 3.93. The van der Waals surface area contributed by atoms with E-state index in [-0.39, 0.29) is 11.5 Å². The lowest BCUT2D eigenvalue weighted by Crippen LogP contribution is -2.37. The molecule has 0 bridgehead atoms. The molecule has 0 radical (unpaired) electrons. The summed E-state index contributed by atoms with van der Waals surface area (Å²) in [4.78, 5) is 23.2. The van der Waals surface area contributed by atoms with Gasteiger partial charge in [-0.15, -0.1) is 0 Å². The van der Waals surface area contributed by atoms with Crippen LogP contribution in [0.25, 0.3) is 0 Å². The SMILES string of the molecule is COc1cc(C(=O)O)ccc1CCNC(=O)C(C)Oc1ccc(C)cc1. The number of benzene rings is 2. The van der Waals surface area contributed by atoms with E-state index in [9.17, 15) is 9.59 Å². The van der Waals surface area contributed by atoms with E-state index in [0.29, 0.717) is 24.5 Å². The Morgan fingerprint density at radius 3 is 2.46 bits per heavy atom. The Morgan fingerprint density at radius 1 is 1.15 bits per heavy atom. The molecule has 138 valence electrons. The van der Waals surface area contributed by atoms with Gasteiger partial charge in [0.1, 0.15) is 11.5 Å². The van der Waals surface area contributed by atoms with Gasteiger partial charge in [-0.25, -0.2) is 4.79 Å². The second-order valence-electron chi connectivity index (χ2n) is 5.95. The lowest BCUT2D eigenvalue weighted by Gasteiger charge is -2.15. The Labute approximate surface area is 152 Å². The summed E-state index contributed by atoms with van der Waals surface area (Å²) in [6.45, 7) is 4.07. The molecule has 2 rings (SSSR count). The number of aryl methyl sites for hydroxylation is 1. The van der Waals surface area contributed by atoms with E-state index >= 15 is 0 Å². The molecule has 6 nitrogen and oxygen atoms in total. The van der Waals surface area contributed by atoms with Gasteiger partial charge in [-0.05, 0) is 50.1 Å². The largest absolute Gasteiger partial charge is 0.496 e. The number of carboxylic acids is 1. The molecule has 0 aliphatic rings. The fourth-order valence-electron chi connectivity index (χ4n) is 2.42. The Kier molecular flexibility index (Phi) is 6.60. The van der Waals surface area contributed by atoms with E-state index in [4.69, 9.17) is 14.6 Å². The quantitative estimate of drug-likeness (QED) is 0.759. The van der Waals surface area contributed by atoms with Crippen molar-refractivity contribution in [1.29, 1.82) is 0 Å². The zero-order chi connectivity index (χ0) is 19.1. The summed E-state index contributed by atoms with van der Waals surface area (Å²) < 4.78 is 10.8. The Hall–Kier alpha value is -3.02. The average Bonchev–Trinajstić information content (AvgIpc) is 2.63. The molecule has 0 aliphatic heterocycles. The summed E-state index contributed by atoms with van der Waals surface area (Å²) in [5.41, 5.74) is 2.11. The molecule has 6 heteroatoms. The number of carboxylic acid groups (broad SMARTS) is 1. The van der Waals surface area contributed by atoms with Crippen molar-refractivity contribution in [1.82, 2.24) is 5.32 Å². The van der Waals surface area contributed by atoms with Gasteiger partial charge in [0.15, 0.2) is 6.10 Å². The van der Waals surface area contributed by atoms with Crippen LogP contribution in [0.2, 0.25) is 0 Å². The minimum atomic E-state index is -1.01. The summed E-state index contributed by atoms with van der Waals surface area (Å²) in [5, 5.41) is 11.8. The number of carbonyl (C=O) groups is 2. The molecular weight excluding hydrogens is 334 g/mol. The van der Waals surface area contributed by atoms with Gasteiger partial charge in [-0.1, -0.05) is 23.8 Å². The number of nitrogens with one attached hydrogen (secondary N) is 1. The number of hydrogen-bond acceptors (Lipinski definition) is 4. The fourth-order valence-corrected chi connectivity index (χ4v) is 2.42. The zero-order valence-electron chi connectivity index (χ0n) is 15.1. The smallest absolute Gasteiger partial charge is 0.335 e. The normalized spacial score (nSPS) is 11.5. The van der Waals surface area contributed by atoms with Crippen molar-refractivity contribution >= 4 is 11.9 Å². The van der Waals surface area contributed by atoms with Crippen LogP contribution in [0.15, 0.2) is 42.5 Å². The molecule has 1 unspecified atom stereocenters. The van der Waals surface area contributed by atoms with Gasteiger partial charge in [0.05, 0.1) is 12.7 Å². The number of aromatic carboxylic acids is 1. The van der Waals surface area contributed by atoms with Gasteiger partial charge in [0.2, 0.25) is 0 Å². The van der Waals surface area contributed by atoms with Crippen LogP contribution in [0.5, 0.6) is 11.5 Å². The topological polar surface area (TPSA) is 84.9 Å². The molecule has 0 saturated heterocycles. The van der Waals surface area contributed by atoms with Gasteiger partial charge in [0, 0.05) is 6.54 Å². The highest BCUT2D eigenvalue weighted by atomic mass is 16.5. The first-order valence-corrected chi connectivity index (χ1v) is 8.32. The van der Waals surface area contributed by atoms with Gasteiger partial charge in [-0.3, -0.25) is 4.79 Å². The molecule has 0 aromatic heterocycles. The van der Waals surface area contributed by atoms with Crippen molar-refractivity contribution < 1.29 is 24.2 Å². The first kappa shape index (κ1) is 19.3. The molecule has 0 saturated carbocycles. The second kappa shape index (κ2) is 8.89. The minimum Gasteiger partial charge on any atom is -0.496 e. The van der Waals surface area contributed by atoms with Crippen LogP contribution in [-0.2, 0) is 11.2 Å². The molecular formula is C20H23NO5. The van der Waals surface area contributed by atoms with E-state index in [1.54, 1.807) is 13.0 Å². The Balaban J connectivity index is 1.87. The highest BCUT2D eigenvalue weighted by molar-refractivity contribution is 5.88.